The van der Waals surface area contributed by atoms with Crippen LogP contribution in [0.1, 0.15) is 26.2 Å². The third-order valence-corrected chi connectivity index (χ3v) is 1.31. The average molecular weight is 187 g/mol. The van der Waals surface area contributed by atoms with E-state index < -0.39 is 0 Å². The van der Waals surface area contributed by atoms with Gasteiger partial charge in [0.05, 0.1) is 6.61 Å². The maximum absolute atomic E-state index is 10.8. The highest BCUT2D eigenvalue weighted by Crippen LogP contribution is 1.92. The Kier molecular flexibility index (Phi) is 6.68. The van der Waals surface area contributed by atoms with E-state index in [-0.39, 0.29) is 11.9 Å². The van der Waals surface area contributed by atoms with Crippen molar-refractivity contribution in [1.29, 1.82) is 0 Å². The molecule has 5 heteroatoms. The van der Waals surface area contributed by atoms with Crippen molar-refractivity contribution in [3.8, 4) is 0 Å². The first-order valence-electron chi connectivity index (χ1n) is 4.37. The minimum Gasteiger partial charge on any atom is -0.466 e. The van der Waals surface area contributed by atoms with Gasteiger partial charge in [0.1, 0.15) is 0 Å². The predicted octanol–water partition coefficient (Wildman–Crippen LogP) is -0.00680. The molecule has 0 aliphatic heterocycles. The van der Waals surface area contributed by atoms with E-state index in [0.29, 0.717) is 26.0 Å². The summed E-state index contributed by atoms with van der Waals surface area (Å²) in [6.45, 7) is 2.82. The second kappa shape index (κ2) is 7.39. The summed E-state index contributed by atoms with van der Waals surface area (Å²) >= 11 is 0. The molecule has 0 fully saturated rings. The van der Waals surface area contributed by atoms with Gasteiger partial charge in [-0.05, 0) is 6.42 Å². The van der Waals surface area contributed by atoms with Gasteiger partial charge in [0.15, 0.2) is 5.96 Å². The van der Waals surface area contributed by atoms with E-state index in [9.17, 15) is 4.79 Å². The highest BCUT2D eigenvalue weighted by Gasteiger charge is 1.98. The first-order chi connectivity index (χ1) is 6.16. The van der Waals surface area contributed by atoms with Gasteiger partial charge in [-0.25, -0.2) is 0 Å². The van der Waals surface area contributed by atoms with Gasteiger partial charge in [0.25, 0.3) is 0 Å². The molecule has 76 valence electrons. The number of hydrogen-bond acceptors (Lipinski definition) is 3. The molecule has 0 unspecified atom stereocenters. The SMILES string of the molecule is CCCC(=O)OCCCN=C(N)N. The third-order valence-electron chi connectivity index (χ3n) is 1.31. The number of rotatable bonds is 6. The molecule has 0 rings (SSSR count). The van der Waals surface area contributed by atoms with E-state index in [2.05, 4.69) is 4.99 Å². The number of nitrogens with two attached hydrogens (primary N) is 2. The van der Waals surface area contributed by atoms with Crippen molar-refractivity contribution in [3.63, 3.8) is 0 Å². The molecule has 0 amide bonds. The number of hydrogen-bond donors (Lipinski definition) is 2. The van der Waals surface area contributed by atoms with Gasteiger partial charge in [0.2, 0.25) is 0 Å². The summed E-state index contributed by atoms with van der Waals surface area (Å²) in [4.78, 5) is 14.6. The van der Waals surface area contributed by atoms with Crippen LogP contribution in [0.15, 0.2) is 4.99 Å². The molecule has 0 aromatic rings. The number of aliphatic imine (C=N–C) groups is 1. The van der Waals surface area contributed by atoms with E-state index in [1.807, 2.05) is 6.92 Å². The van der Waals surface area contributed by atoms with Crippen molar-refractivity contribution >= 4 is 11.9 Å². The third kappa shape index (κ3) is 8.65. The quantitative estimate of drug-likeness (QED) is 0.265. The predicted molar refractivity (Wildman–Crippen MR) is 51.2 cm³/mol. The Morgan fingerprint density at radius 3 is 2.69 bits per heavy atom. The van der Waals surface area contributed by atoms with E-state index >= 15 is 0 Å². The molecule has 0 saturated heterocycles. The molecule has 0 atom stereocenters. The molecule has 0 aliphatic rings. The van der Waals surface area contributed by atoms with Crippen LogP contribution in [0.2, 0.25) is 0 Å². The highest BCUT2D eigenvalue weighted by molar-refractivity contribution is 5.75. The summed E-state index contributed by atoms with van der Waals surface area (Å²) in [6.07, 6.45) is 1.95. The first-order valence-corrected chi connectivity index (χ1v) is 4.37. The first kappa shape index (κ1) is 11.7. The van der Waals surface area contributed by atoms with Crippen LogP contribution in [0.25, 0.3) is 0 Å². The zero-order valence-corrected chi connectivity index (χ0v) is 7.95. The topological polar surface area (TPSA) is 90.7 Å². The lowest BCUT2D eigenvalue weighted by Gasteiger charge is -2.01. The van der Waals surface area contributed by atoms with E-state index in [4.69, 9.17) is 16.2 Å². The number of esters is 1. The Balaban J connectivity index is 3.26. The van der Waals surface area contributed by atoms with Crippen molar-refractivity contribution in [2.75, 3.05) is 13.2 Å². The van der Waals surface area contributed by atoms with Gasteiger partial charge < -0.3 is 16.2 Å². The van der Waals surface area contributed by atoms with Crippen LogP contribution in [-0.4, -0.2) is 25.1 Å². The lowest BCUT2D eigenvalue weighted by Crippen LogP contribution is -2.23. The molecule has 0 radical (unpaired) electrons. The Morgan fingerprint density at radius 1 is 1.46 bits per heavy atom. The van der Waals surface area contributed by atoms with Crippen molar-refractivity contribution in [2.45, 2.75) is 26.2 Å². The number of carbonyl (C=O) groups is 1. The van der Waals surface area contributed by atoms with Crippen LogP contribution in [0.3, 0.4) is 0 Å². The van der Waals surface area contributed by atoms with Gasteiger partial charge in [-0.1, -0.05) is 6.92 Å². The molecule has 0 spiro atoms. The van der Waals surface area contributed by atoms with Crippen molar-refractivity contribution in [3.05, 3.63) is 0 Å². The Labute approximate surface area is 78.1 Å². The van der Waals surface area contributed by atoms with Gasteiger partial charge in [0, 0.05) is 19.4 Å². The van der Waals surface area contributed by atoms with E-state index in [0.717, 1.165) is 6.42 Å². The maximum atomic E-state index is 10.8. The van der Waals surface area contributed by atoms with Crippen LogP contribution >= 0.6 is 0 Å². The maximum Gasteiger partial charge on any atom is 0.305 e. The van der Waals surface area contributed by atoms with Crippen LogP contribution < -0.4 is 11.5 Å². The molecule has 5 nitrogen and oxygen atoms in total. The van der Waals surface area contributed by atoms with Crippen LogP contribution in [-0.2, 0) is 9.53 Å². The summed E-state index contributed by atoms with van der Waals surface area (Å²) in [5, 5.41) is 0. The van der Waals surface area contributed by atoms with Gasteiger partial charge in [-0.3, -0.25) is 9.79 Å². The molecule has 0 heterocycles. The Morgan fingerprint density at radius 2 is 2.15 bits per heavy atom. The number of ether oxygens (including phenoxy) is 1. The summed E-state index contributed by atoms with van der Waals surface area (Å²) in [6, 6.07) is 0. The second-order valence-electron chi connectivity index (χ2n) is 2.63. The van der Waals surface area contributed by atoms with Gasteiger partial charge in [-0.2, -0.15) is 0 Å². The zero-order chi connectivity index (χ0) is 10.1. The van der Waals surface area contributed by atoms with Gasteiger partial charge in [-0.15, -0.1) is 0 Å². The summed E-state index contributed by atoms with van der Waals surface area (Å²) < 4.78 is 4.87. The van der Waals surface area contributed by atoms with Crippen LogP contribution in [0.4, 0.5) is 0 Å². The summed E-state index contributed by atoms with van der Waals surface area (Å²) in [7, 11) is 0. The second-order valence-corrected chi connectivity index (χ2v) is 2.63. The lowest BCUT2D eigenvalue weighted by molar-refractivity contribution is -0.143. The van der Waals surface area contributed by atoms with E-state index in [1.165, 1.54) is 0 Å². The largest absolute Gasteiger partial charge is 0.466 e. The number of carbonyl (C=O) groups excluding carboxylic acids is 1. The lowest BCUT2D eigenvalue weighted by atomic mass is 10.3. The molecular formula is C8H17N3O2. The van der Waals surface area contributed by atoms with Crippen molar-refractivity contribution in [2.24, 2.45) is 16.5 Å². The fraction of sp³-hybridized carbons (Fsp3) is 0.750. The smallest absolute Gasteiger partial charge is 0.305 e. The normalized spacial score (nSPS) is 9.31. The highest BCUT2D eigenvalue weighted by atomic mass is 16.5. The average Bonchev–Trinajstić information content (AvgIpc) is 2.03. The molecular weight excluding hydrogens is 170 g/mol. The molecule has 0 saturated carbocycles. The molecule has 0 aliphatic carbocycles. The summed E-state index contributed by atoms with van der Waals surface area (Å²) in [5.74, 6) is -0.0907. The summed E-state index contributed by atoms with van der Waals surface area (Å²) in [5.41, 5.74) is 10.2. The van der Waals surface area contributed by atoms with Crippen LogP contribution in [0, 0.1) is 0 Å². The zero-order valence-electron chi connectivity index (χ0n) is 7.95. The molecule has 0 aromatic heterocycles. The Bertz CT molecular complexity index is 176. The fourth-order valence-corrected chi connectivity index (χ4v) is 0.735. The fourth-order valence-electron chi connectivity index (χ4n) is 0.735. The monoisotopic (exact) mass is 187 g/mol. The molecule has 13 heavy (non-hydrogen) atoms. The molecule has 0 aromatic carbocycles. The minimum absolute atomic E-state index is 0.0693. The van der Waals surface area contributed by atoms with Crippen LogP contribution in [0.5, 0.6) is 0 Å². The van der Waals surface area contributed by atoms with Crippen molar-refractivity contribution < 1.29 is 9.53 Å². The van der Waals surface area contributed by atoms with Crippen molar-refractivity contribution in [1.82, 2.24) is 0 Å². The number of nitrogens with zero attached hydrogens (tertiary/aromatic N) is 1. The standard InChI is InChI=1S/C8H17N3O2/c1-2-4-7(12)13-6-3-5-11-8(9)10/h2-6H2,1H3,(H4,9,10,11). The molecule has 4 N–H and O–H groups in total. The Hall–Kier alpha value is -1.26. The van der Waals surface area contributed by atoms with Gasteiger partial charge >= 0.3 is 5.97 Å². The minimum atomic E-state index is -0.160. The van der Waals surface area contributed by atoms with E-state index in [1.54, 1.807) is 0 Å². The molecule has 0 bridgehead atoms. The number of guanidine groups is 1.